The van der Waals surface area contributed by atoms with Crippen LogP contribution >= 0.6 is 0 Å². The summed E-state index contributed by atoms with van der Waals surface area (Å²) in [6.07, 6.45) is 1.20. The standard InChI is InChI=1S/C15H16FNO3/c1-9-3-4-11(6-14(9)16)10(2)17-7-13-5-12(8-20-13)15(18)19/h3-6,8,10,17H,7H2,1-2H3,(H,18,19). The molecule has 0 bridgehead atoms. The number of carboxylic acid groups (broad SMARTS) is 1. The Labute approximate surface area is 116 Å². The summed E-state index contributed by atoms with van der Waals surface area (Å²) < 4.78 is 18.6. The minimum absolute atomic E-state index is 0.0662. The topological polar surface area (TPSA) is 62.5 Å². The molecule has 2 rings (SSSR count). The molecule has 4 nitrogen and oxygen atoms in total. The lowest BCUT2D eigenvalue weighted by atomic mass is 10.1. The lowest BCUT2D eigenvalue weighted by molar-refractivity contribution is 0.0696. The second kappa shape index (κ2) is 5.88. The first kappa shape index (κ1) is 14.3. The van der Waals surface area contributed by atoms with Gasteiger partial charge in [0.05, 0.1) is 12.1 Å². The van der Waals surface area contributed by atoms with Gasteiger partial charge in [0.15, 0.2) is 0 Å². The monoisotopic (exact) mass is 277 g/mol. The molecule has 0 aliphatic rings. The van der Waals surface area contributed by atoms with Crippen molar-refractivity contribution in [1.29, 1.82) is 0 Å². The van der Waals surface area contributed by atoms with Crippen LogP contribution in [0.1, 0.15) is 40.2 Å². The molecule has 1 unspecified atom stereocenters. The van der Waals surface area contributed by atoms with Crippen molar-refractivity contribution in [2.24, 2.45) is 0 Å². The van der Waals surface area contributed by atoms with Gasteiger partial charge < -0.3 is 14.8 Å². The normalized spacial score (nSPS) is 12.3. The molecule has 0 aliphatic carbocycles. The smallest absolute Gasteiger partial charge is 0.338 e. The first-order chi connectivity index (χ1) is 9.47. The first-order valence-corrected chi connectivity index (χ1v) is 6.27. The minimum atomic E-state index is -1.02. The van der Waals surface area contributed by atoms with E-state index in [0.29, 0.717) is 17.9 Å². The van der Waals surface area contributed by atoms with Crippen LogP contribution in [0.3, 0.4) is 0 Å². The number of hydrogen-bond acceptors (Lipinski definition) is 3. The van der Waals surface area contributed by atoms with Crippen LogP contribution in [0.25, 0.3) is 0 Å². The highest BCUT2D eigenvalue weighted by atomic mass is 19.1. The predicted octanol–water partition coefficient (Wildman–Crippen LogP) is 3.28. The van der Waals surface area contributed by atoms with Gasteiger partial charge in [-0.25, -0.2) is 9.18 Å². The van der Waals surface area contributed by atoms with Crippen molar-refractivity contribution in [3.63, 3.8) is 0 Å². The summed E-state index contributed by atoms with van der Waals surface area (Å²) in [6, 6.07) is 6.50. The lowest BCUT2D eigenvalue weighted by Crippen LogP contribution is -2.18. The zero-order valence-corrected chi connectivity index (χ0v) is 11.3. The van der Waals surface area contributed by atoms with Gasteiger partial charge in [0.2, 0.25) is 0 Å². The number of aryl methyl sites for hydroxylation is 1. The van der Waals surface area contributed by atoms with E-state index in [1.807, 2.05) is 13.0 Å². The molecule has 0 spiro atoms. The number of carbonyl (C=O) groups is 1. The van der Waals surface area contributed by atoms with E-state index >= 15 is 0 Å². The number of aromatic carboxylic acids is 1. The van der Waals surface area contributed by atoms with Crippen molar-refractivity contribution >= 4 is 5.97 Å². The number of carboxylic acids is 1. The third-order valence-electron chi connectivity index (χ3n) is 3.18. The summed E-state index contributed by atoms with van der Waals surface area (Å²) in [5, 5.41) is 11.9. The van der Waals surface area contributed by atoms with E-state index in [1.54, 1.807) is 13.0 Å². The van der Waals surface area contributed by atoms with Crippen molar-refractivity contribution in [2.45, 2.75) is 26.4 Å². The molecule has 0 saturated carbocycles. The van der Waals surface area contributed by atoms with E-state index in [9.17, 15) is 9.18 Å². The maximum atomic E-state index is 13.5. The Hall–Kier alpha value is -2.14. The fraction of sp³-hybridized carbons (Fsp3) is 0.267. The van der Waals surface area contributed by atoms with Gasteiger partial charge in [-0.05, 0) is 37.1 Å². The van der Waals surface area contributed by atoms with E-state index in [1.165, 1.54) is 18.4 Å². The van der Waals surface area contributed by atoms with E-state index in [4.69, 9.17) is 9.52 Å². The van der Waals surface area contributed by atoms with Gasteiger partial charge in [0, 0.05) is 6.04 Å². The molecule has 0 aliphatic heterocycles. The van der Waals surface area contributed by atoms with Crippen molar-refractivity contribution in [1.82, 2.24) is 5.32 Å². The largest absolute Gasteiger partial charge is 0.478 e. The molecular formula is C15H16FNO3. The Morgan fingerprint density at radius 2 is 2.20 bits per heavy atom. The average Bonchev–Trinajstić information content (AvgIpc) is 2.88. The molecule has 0 saturated heterocycles. The molecule has 1 atom stereocenters. The Bertz CT molecular complexity index is 621. The fourth-order valence-electron chi connectivity index (χ4n) is 1.84. The molecule has 106 valence electrons. The maximum Gasteiger partial charge on any atom is 0.338 e. The van der Waals surface area contributed by atoms with Crippen LogP contribution in [0.2, 0.25) is 0 Å². The van der Waals surface area contributed by atoms with Crippen molar-refractivity contribution in [3.8, 4) is 0 Å². The first-order valence-electron chi connectivity index (χ1n) is 6.27. The predicted molar refractivity (Wildman–Crippen MR) is 72.1 cm³/mol. The second-order valence-electron chi connectivity index (χ2n) is 4.72. The van der Waals surface area contributed by atoms with Crippen LogP contribution in [0.15, 0.2) is 34.9 Å². The van der Waals surface area contributed by atoms with Gasteiger partial charge in [-0.1, -0.05) is 12.1 Å². The van der Waals surface area contributed by atoms with E-state index < -0.39 is 5.97 Å². The molecule has 20 heavy (non-hydrogen) atoms. The maximum absolute atomic E-state index is 13.5. The lowest BCUT2D eigenvalue weighted by Gasteiger charge is -2.13. The minimum Gasteiger partial charge on any atom is -0.478 e. The van der Waals surface area contributed by atoms with Gasteiger partial charge in [0.25, 0.3) is 0 Å². The summed E-state index contributed by atoms with van der Waals surface area (Å²) in [6.45, 7) is 4.00. The van der Waals surface area contributed by atoms with Gasteiger partial charge in [-0.3, -0.25) is 0 Å². The fourth-order valence-corrected chi connectivity index (χ4v) is 1.84. The van der Waals surface area contributed by atoms with E-state index in [-0.39, 0.29) is 17.4 Å². The molecule has 2 N–H and O–H groups in total. The molecule has 5 heteroatoms. The van der Waals surface area contributed by atoms with Gasteiger partial charge in [-0.15, -0.1) is 0 Å². The second-order valence-corrected chi connectivity index (χ2v) is 4.72. The third kappa shape index (κ3) is 3.24. The molecule has 2 aromatic rings. The van der Waals surface area contributed by atoms with Gasteiger partial charge in [0.1, 0.15) is 17.8 Å². The molecule has 1 aromatic heterocycles. The highest BCUT2D eigenvalue weighted by Crippen LogP contribution is 2.17. The van der Waals surface area contributed by atoms with Crippen LogP contribution in [-0.2, 0) is 6.54 Å². The Kier molecular flexibility index (Phi) is 4.20. The van der Waals surface area contributed by atoms with Gasteiger partial charge in [-0.2, -0.15) is 0 Å². The molecule has 1 heterocycles. The number of nitrogens with one attached hydrogen (secondary N) is 1. The zero-order valence-electron chi connectivity index (χ0n) is 11.3. The highest BCUT2D eigenvalue weighted by Gasteiger charge is 2.11. The Morgan fingerprint density at radius 3 is 2.80 bits per heavy atom. The van der Waals surface area contributed by atoms with Crippen LogP contribution in [-0.4, -0.2) is 11.1 Å². The molecule has 1 aromatic carbocycles. The third-order valence-corrected chi connectivity index (χ3v) is 3.18. The SMILES string of the molecule is Cc1ccc(C(C)NCc2cc(C(=O)O)co2)cc1F. The van der Waals surface area contributed by atoms with Gasteiger partial charge >= 0.3 is 5.97 Å². The van der Waals surface area contributed by atoms with Crippen molar-refractivity contribution in [3.05, 3.63) is 58.8 Å². The summed E-state index contributed by atoms with van der Waals surface area (Å²) in [5.74, 6) is -0.724. The zero-order chi connectivity index (χ0) is 14.7. The van der Waals surface area contributed by atoms with Crippen LogP contribution < -0.4 is 5.32 Å². The summed E-state index contributed by atoms with van der Waals surface area (Å²) >= 11 is 0. The number of benzene rings is 1. The van der Waals surface area contributed by atoms with E-state index in [2.05, 4.69) is 5.32 Å². The molecule has 0 fully saturated rings. The summed E-state index contributed by atoms with van der Waals surface area (Å²) in [4.78, 5) is 10.7. The van der Waals surface area contributed by atoms with E-state index in [0.717, 1.165) is 5.56 Å². The summed E-state index contributed by atoms with van der Waals surface area (Å²) in [5.41, 5.74) is 1.56. The van der Waals surface area contributed by atoms with Crippen molar-refractivity contribution in [2.75, 3.05) is 0 Å². The number of halogens is 1. The highest BCUT2D eigenvalue weighted by molar-refractivity contribution is 5.87. The number of furan rings is 1. The molecule has 0 amide bonds. The number of hydrogen-bond donors (Lipinski definition) is 2. The Morgan fingerprint density at radius 1 is 1.45 bits per heavy atom. The molecular weight excluding hydrogens is 261 g/mol. The van der Waals surface area contributed by atoms with Crippen LogP contribution in [0.4, 0.5) is 4.39 Å². The van der Waals surface area contributed by atoms with Crippen LogP contribution in [0, 0.1) is 12.7 Å². The van der Waals surface area contributed by atoms with Crippen molar-refractivity contribution < 1.29 is 18.7 Å². The molecule has 0 radical (unpaired) electrons. The number of rotatable bonds is 5. The quantitative estimate of drug-likeness (QED) is 0.880. The Balaban J connectivity index is 1.98. The average molecular weight is 277 g/mol. The summed E-state index contributed by atoms with van der Waals surface area (Å²) in [7, 11) is 0. The van der Waals surface area contributed by atoms with Crippen LogP contribution in [0.5, 0.6) is 0 Å².